The summed E-state index contributed by atoms with van der Waals surface area (Å²) >= 11 is 2.18. The molecule has 0 spiro atoms. The summed E-state index contributed by atoms with van der Waals surface area (Å²) in [5, 5.41) is 0. The van der Waals surface area contributed by atoms with Crippen LogP contribution in [0.5, 0.6) is 0 Å². The number of hydrogen-bond donors (Lipinski definition) is 0. The molecular weight excluding hydrogens is 167 g/mol. The van der Waals surface area contributed by atoms with Gasteiger partial charge in [-0.05, 0) is 0 Å². The summed E-state index contributed by atoms with van der Waals surface area (Å²) in [6.45, 7) is 4.37. The van der Waals surface area contributed by atoms with Crippen molar-refractivity contribution < 1.29 is 20.4 Å². The predicted molar refractivity (Wildman–Crippen MR) is 38.3 cm³/mol. The standard InChI is InChI=1S/C7H9.ClH.Ti/c1-6-4-3-5-7(6)2;;/h4H,5H2,1-2H3;1H;. The predicted octanol–water partition coefficient (Wildman–Crippen LogP) is 2.58. The molecule has 0 saturated heterocycles. The fraction of sp³-hybridized carbons (Fsp3) is 0.429. The molecule has 0 amide bonds. The molecule has 0 radical (unpaired) electrons. The Morgan fingerprint density at radius 1 is 1.44 bits per heavy atom. The average molecular weight is 177 g/mol. The molecule has 0 aromatic rings. The van der Waals surface area contributed by atoms with Gasteiger partial charge in [0.1, 0.15) is 0 Å². The van der Waals surface area contributed by atoms with Crippen LogP contribution in [0.2, 0.25) is 0 Å². The van der Waals surface area contributed by atoms with Gasteiger partial charge in [-0.3, -0.25) is 0 Å². The van der Waals surface area contributed by atoms with Crippen LogP contribution in [0.15, 0.2) is 21.1 Å². The second-order valence-electron chi connectivity index (χ2n) is 2.31. The first kappa shape index (κ1) is 9.48. The van der Waals surface area contributed by atoms with E-state index < -0.39 is 0 Å². The van der Waals surface area contributed by atoms with Gasteiger partial charge in [-0.2, -0.15) is 0 Å². The quantitative estimate of drug-likeness (QED) is 0.499. The Morgan fingerprint density at radius 2 is 2.00 bits per heavy atom. The van der Waals surface area contributed by atoms with Crippen molar-refractivity contribution in [3.05, 3.63) is 21.1 Å². The van der Waals surface area contributed by atoms with Crippen LogP contribution < -0.4 is 0 Å². The summed E-state index contributed by atoms with van der Waals surface area (Å²) in [5.41, 5.74) is 2.99. The zero-order chi connectivity index (χ0) is 6.15. The van der Waals surface area contributed by atoms with Gasteiger partial charge in [0.05, 0.1) is 0 Å². The molecule has 0 fully saturated rings. The Bertz CT molecular complexity index is 168. The van der Waals surface area contributed by atoms with Gasteiger partial charge >= 0.3 is 61.8 Å². The van der Waals surface area contributed by atoms with E-state index in [2.05, 4.69) is 40.4 Å². The Morgan fingerprint density at radius 3 is 2.11 bits per heavy atom. The minimum Gasteiger partial charge on any atom is -0.147 e. The maximum absolute atomic E-state index is 2.26. The van der Waals surface area contributed by atoms with Gasteiger partial charge in [-0.1, -0.05) is 0 Å². The van der Waals surface area contributed by atoms with Gasteiger partial charge in [-0.25, -0.2) is 0 Å². The van der Waals surface area contributed by atoms with Gasteiger partial charge in [0.15, 0.2) is 0 Å². The summed E-state index contributed by atoms with van der Waals surface area (Å²) in [5.74, 6) is 0. The van der Waals surface area contributed by atoms with Gasteiger partial charge in [0.25, 0.3) is 0 Å². The topological polar surface area (TPSA) is 0 Å². The Kier molecular flexibility index (Phi) is 3.80. The molecule has 49 valence electrons. The molecule has 0 bridgehead atoms. The molecule has 0 saturated carbocycles. The minimum absolute atomic E-state index is 0. The van der Waals surface area contributed by atoms with Crippen molar-refractivity contribution in [2.45, 2.75) is 20.3 Å². The normalized spacial score (nSPS) is 17.2. The molecular formula is C7H10ClTi. The van der Waals surface area contributed by atoms with E-state index in [1.54, 1.807) is 0 Å². The van der Waals surface area contributed by atoms with E-state index in [0.717, 1.165) is 0 Å². The molecule has 0 N–H and O–H groups in total. The maximum Gasteiger partial charge on any atom is -0.147 e. The summed E-state index contributed by atoms with van der Waals surface area (Å²) in [7, 11) is 0. The summed E-state index contributed by atoms with van der Waals surface area (Å²) in [6.07, 6.45) is 3.46. The fourth-order valence-corrected chi connectivity index (χ4v) is 1.61. The molecule has 0 atom stereocenters. The van der Waals surface area contributed by atoms with E-state index in [-0.39, 0.29) is 12.4 Å². The maximum atomic E-state index is 2.26. The SMILES string of the molecule is CC1=C(C)C[C]([Ti])=C1.Cl. The molecule has 0 unspecified atom stereocenters. The first-order valence-corrected chi connectivity index (χ1v) is 3.57. The van der Waals surface area contributed by atoms with Gasteiger partial charge < -0.3 is 0 Å². The molecule has 9 heavy (non-hydrogen) atoms. The van der Waals surface area contributed by atoms with E-state index in [1.165, 1.54) is 21.4 Å². The van der Waals surface area contributed by atoms with Crippen LogP contribution >= 0.6 is 12.4 Å². The van der Waals surface area contributed by atoms with Gasteiger partial charge in [0.2, 0.25) is 0 Å². The number of hydrogen-bond acceptors (Lipinski definition) is 0. The van der Waals surface area contributed by atoms with Crippen molar-refractivity contribution >= 4 is 12.4 Å². The zero-order valence-electron chi connectivity index (χ0n) is 5.69. The van der Waals surface area contributed by atoms with Crippen molar-refractivity contribution in [3.8, 4) is 0 Å². The zero-order valence-corrected chi connectivity index (χ0v) is 8.07. The molecule has 0 heterocycles. The van der Waals surface area contributed by atoms with Crippen LogP contribution in [0.4, 0.5) is 0 Å². The third-order valence-electron chi connectivity index (χ3n) is 1.52. The van der Waals surface area contributed by atoms with Gasteiger partial charge in [0, 0.05) is 0 Å². The number of rotatable bonds is 0. The largest absolute Gasteiger partial charge is 0.147 e. The summed E-state index contributed by atoms with van der Waals surface area (Å²) in [4.78, 5) is 0. The van der Waals surface area contributed by atoms with Gasteiger partial charge in [-0.15, -0.1) is 12.4 Å². The smallest absolute Gasteiger partial charge is 0.147 e. The van der Waals surface area contributed by atoms with E-state index in [1.807, 2.05) is 0 Å². The summed E-state index contributed by atoms with van der Waals surface area (Å²) < 4.78 is 1.50. The summed E-state index contributed by atoms with van der Waals surface area (Å²) in [6, 6.07) is 0. The molecule has 1 rings (SSSR count). The van der Waals surface area contributed by atoms with Crippen LogP contribution in [-0.4, -0.2) is 0 Å². The van der Waals surface area contributed by atoms with E-state index in [4.69, 9.17) is 0 Å². The van der Waals surface area contributed by atoms with Crippen molar-refractivity contribution in [1.29, 1.82) is 0 Å². The van der Waals surface area contributed by atoms with Crippen molar-refractivity contribution in [2.75, 3.05) is 0 Å². The fourth-order valence-electron chi connectivity index (χ4n) is 0.861. The minimum atomic E-state index is 0. The molecule has 0 aromatic heterocycles. The van der Waals surface area contributed by atoms with Crippen LogP contribution in [0.3, 0.4) is 0 Å². The monoisotopic (exact) mass is 177 g/mol. The second kappa shape index (κ2) is 3.60. The third-order valence-corrected chi connectivity index (χ3v) is 2.02. The van der Waals surface area contributed by atoms with E-state index in [0.29, 0.717) is 0 Å². The number of halogens is 1. The van der Waals surface area contributed by atoms with Crippen molar-refractivity contribution in [3.63, 3.8) is 0 Å². The number of allylic oxidation sites excluding steroid dienone is 4. The third kappa shape index (κ3) is 2.29. The Hall–Kier alpha value is 0.484. The van der Waals surface area contributed by atoms with Crippen LogP contribution in [-0.2, 0) is 20.4 Å². The first-order valence-electron chi connectivity index (χ1n) is 2.78. The second-order valence-corrected chi connectivity index (χ2v) is 3.31. The van der Waals surface area contributed by atoms with E-state index >= 15 is 0 Å². The van der Waals surface area contributed by atoms with E-state index in [9.17, 15) is 0 Å². The van der Waals surface area contributed by atoms with Crippen LogP contribution in [0.25, 0.3) is 0 Å². The van der Waals surface area contributed by atoms with Crippen LogP contribution in [0, 0.1) is 0 Å². The Labute approximate surface area is 74.2 Å². The first-order chi connectivity index (χ1) is 3.70. The van der Waals surface area contributed by atoms with Crippen LogP contribution in [0.1, 0.15) is 20.3 Å². The average Bonchev–Trinajstić information content (AvgIpc) is 1.85. The molecule has 0 aliphatic heterocycles. The van der Waals surface area contributed by atoms with Crippen molar-refractivity contribution in [2.24, 2.45) is 0 Å². The molecule has 1 aliphatic carbocycles. The molecule has 0 aromatic carbocycles. The molecule has 0 nitrogen and oxygen atoms in total. The molecule has 2 heteroatoms. The van der Waals surface area contributed by atoms with Crippen molar-refractivity contribution in [1.82, 2.24) is 0 Å². The molecule has 1 aliphatic rings. The Balaban J connectivity index is 0.000000640.